The second kappa shape index (κ2) is 6.23. The van der Waals surface area contributed by atoms with Crippen molar-refractivity contribution < 1.29 is 4.79 Å². The lowest BCUT2D eigenvalue weighted by Gasteiger charge is -2.40. The minimum Gasteiger partial charge on any atom is -0.354 e. The van der Waals surface area contributed by atoms with E-state index in [0.717, 1.165) is 43.3 Å². The molecule has 0 spiro atoms. The number of nitrogens with zero attached hydrogens (tertiary/aromatic N) is 4. The van der Waals surface area contributed by atoms with Crippen LogP contribution < -0.4 is 4.90 Å². The van der Waals surface area contributed by atoms with Gasteiger partial charge >= 0.3 is 0 Å². The number of piperidine rings is 1. The number of aromatic nitrogens is 2. The Morgan fingerprint density at radius 1 is 1.32 bits per heavy atom. The molecule has 5 heteroatoms. The van der Waals surface area contributed by atoms with E-state index in [1.54, 1.807) is 0 Å². The molecular weight excluding hydrogens is 276 g/mol. The average molecular weight is 304 g/mol. The predicted octanol–water partition coefficient (Wildman–Crippen LogP) is 2.57. The van der Waals surface area contributed by atoms with E-state index >= 15 is 0 Å². The molecule has 0 aliphatic carbocycles. The number of likely N-dealkylation sites (N-methyl/N-ethyl adjacent to an activating group) is 1. The summed E-state index contributed by atoms with van der Waals surface area (Å²) in [6.07, 6.45) is 2.13. The summed E-state index contributed by atoms with van der Waals surface area (Å²) in [4.78, 5) is 25.6. The van der Waals surface area contributed by atoms with Gasteiger partial charge < -0.3 is 9.80 Å². The van der Waals surface area contributed by atoms with E-state index in [1.807, 2.05) is 52.6 Å². The molecule has 2 heterocycles. The second-order valence-corrected chi connectivity index (χ2v) is 7.32. The van der Waals surface area contributed by atoms with Crippen LogP contribution in [0.3, 0.4) is 0 Å². The number of hydrogen-bond donors (Lipinski definition) is 0. The summed E-state index contributed by atoms with van der Waals surface area (Å²) in [7, 11) is 1.93. The number of hydrogen-bond acceptors (Lipinski definition) is 4. The third kappa shape index (κ3) is 3.76. The van der Waals surface area contributed by atoms with Gasteiger partial charge in [0.25, 0.3) is 0 Å². The van der Waals surface area contributed by atoms with Crippen molar-refractivity contribution in [1.29, 1.82) is 0 Å². The first kappa shape index (κ1) is 16.7. The summed E-state index contributed by atoms with van der Waals surface area (Å²) in [6.45, 7) is 11.7. The number of amides is 1. The monoisotopic (exact) mass is 304 g/mol. The third-order valence-corrected chi connectivity index (χ3v) is 4.18. The highest BCUT2D eigenvalue weighted by molar-refractivity contribution is 5.81. The zero-order chi connectivity index (χ0) is 16.5. The van der Waals surface area contributed by atoms with Gasteiger partial charge in [-0.25, -0.2) is 9.97 Å². The van der Waals surface area contributed by atoms with Crippen molar-refractivity contribution in [1.82, 2.24) is 14.9 Å². The average Bonchev–Trinajstić information content (AvgIpc) is 2.44. The summed E-state index contributed by atoms with van der Waals surface area (Å²) < 4.78 is 0. The van der Waals surface area contributed by atoms with Crippen LogP contribution in [0.2, 0.25) is 0 Å². The van der Waals surface area contributed by atoms with Crippen LogP contribution in [-0.4, -0.2) is 47.0 Å². The molecule has 2 rings (SSSR count). The summed E-state index contributed by atoms with van der Waals surface area (Å²) >= 11 is 0. The molecule has 122 valence electrons. The van der Waals surface area contributed by atoms with Crippen molar-refractivity contribution in [2.75, 3.05) is 25.0 Å². The number of anilines is 1. The van der Waals surface area contributed by atoms with Crippen LogP contribution in [0.4, 0.5) is 5.82 Å². The van der Waals surface area contributed by atoms with Crippen molar-refractivity contribution in [3.63, 3.8) is 0 Å². The lowest BCUT2D eigenvalue weighted by molar-refractivity contribution is -0.140. The van der Waals surface area contributed by atoms with E-state index < -0.39 is 0 Å². The SMILES string of the molecule is Cc1cc(N2CCCC(N(C)C(=O)C(C)(C)C)C2)nc(C)n1. The molecule has 0 saturated carbocycles. The predicted molar refractivity (Wildman–Crippen MR) is 89.0 cm³/mol. The molecule has 0 radical (unpaired) electrons. The summed E-state index contributed by atoms with van der Waals surface area (Å²) in [5, 5.41) is 0. The smallest absolute Gasteiger partial charge is 0.227 e. The fraction of sp³-hybridized carbons (Fsp3) is 0.706. The maximum absolute atomic E-state index is 12.5. The van der Waals surface area contributed by atoms with E-state index in [4.69, 9.17) is 0 Å². The fourth-order valence-corrected chi connectivity index (χ4v) is 3.03. The molecule has 1 saturated heterocycles. The van der Waals surface area contributed by atoms with Crippen LogP contribution in [0.1, 0.15) is 45.1 Å². The molecule has 0 bridgehead atoms. The normalized spacial score (nSPS) is 19.2. The minimum absolute atomic E-state index is 0.203. The molecule has 1 aromatic heterocycles. The summed E-state index contributed by atoms with van der Waals surface area (Å²) in [5.41, 5.74) is 0.655. The van der Waals surface area contributed by atoms with Crippen molar-refractivity contribution in [3.8, 4) is 0 Å². The van der Waals surface area contributed by atoms with Gasteiger partial charge in [0.05, 0.1) is 0 Å². The van der Waals surface area contributed by atoms with Gasteiger partial charge in [-0.1, -0.05) is 20.8 Å². The highest BCUT2D eigenvalue weighted by Gasteiger charge is 2.32. The molecule has 1 atom stereocenters. The van der Waals surface area contributed by atoms with E-state index in [-0.39, 0.29) is 17.4 Å². The lowest BCUT2D eigenvalue weighted by atomic mass is 9.93. The Labute approximate surface area is 133 Å². The van der Waals surface area contributed by atoms with Crippen LogP contribution >= 0.6 is 0 Å². The largest absolute Gasteiger partial charge is 0.354 e. The van der Waals surface area contributed by atoms with Gasteiger partial charge in [0.15, 0.2) is 0 Å². The van der Waals surface area contributed by atoms with Gasteiger partial charge in [-0.2, -0.15) is 0 Å². The van der Waals surface area contributed by atoms with Crippen LogP contribution in [0, 0.1) is 19.3 Å². The number of rotatable bonds is 2. The number of aryl methyl sites for hydroxylation is 2. The zero-order valence-corrected chi connectivity index (χ0v) is 14.7. The highest BCUT2D eigenvalue weighted by Crippen LogP contribution is 2.24. The van der Waals surface area contributed by atoms with E-state index in [0.29, 0.717) is 0 Å². The van der Waals surface area contributed by atoms with E-state index in [1.165, 1.54) is 0 Å². The first-order valence-corrected chi connectivity index (χ1v) is 8.03. The molecule has 1 aliphatic heterocycles. The zero-order valence-electron chi connectivity index (χ0n) is 14.7. The minimum atomic E-state index is -0.334. The third-order valence-electron chi connectivity index (χ3n) is 4.18. The molecule has 0 N–H and O–H groups in total. The Hall–Kier alpha value is -1.65. The van der Waals surface area contributed by atoms with Gasteiger partial charge in [-0.3, -0.25) is 4.79 Å². The maximum atomic E-state index is 12.5. The molecule has 1 unspecified atom stereocenters. The Morgan fingerprint density at radius 3 is 2.59 bits per heavy atom. The van der Waals surface area contributed by atoms with Crippen LogP contribution in [0.15, 0.2) is 6.07 Å². The van der Waals surface area contributed by atoms with Gasteiger partial charge in [0.2, 0.25) is 5.91 Å². The number of carbonyl (C=O) groups excluding carboxylic acids is 1. The molecule has 0 aromatic carbocycles. The standard InChI is InChI=1S/C17H28N4O/c1-12-10-15(19-13(2)18-12)21-9-7-8-14(11-21)20(6)16(22)17(3,4)5/h10,14H,7-9,11H2,1-6H3. The second-order valence-electron chi connectivity index (χ2n) is 7.32. The Morgan fingerprint density at radius 2 is 2.00 bits per heavy atom. The maximum Gasteiger partial charge on any atom is 0.227 e. The van der Waals surface area contributed by atoms with Gasteiger partial charge in [-0.05, 0) is 26.7 Å². The summed E-state index contributed by atoms with van der Waals surface area (Å²) in [6, 6.07) is 2.28. The molecule has 22 heavy (non-hydrogen) atoms. The molecular formula is C17H28N4O. The quantitative estimate of drug-likeness (QED) is 0.842. The first-order chi connectivity index (χ1) is 10.2. The first-order valence-electron chi connectivity index (χ1n) is 8.03. The molecule has 1 fully saturated rings. The van der Waals surface area contributed by atoms with Crippen molar-refractivity contribution in [3.05, 3.63) is 17.6 Å². The van der Waals surface area contributed by atoms with Gasteiger partial charge in [-0.15, -0.1) is 0 Å². The lowest BCUT2D eigenvalue weighted by Crippen LogP contribution is -2.51. The van der Waals surface area contributed by atoms with E-state index in [9.17, 15) is 4.79 Å². The van der Waals surface area contributed by atoms with Crippen molar-refractivity contribution >= 4 is 11.7 Å². The van der Waals surface area contributed by atoms with Crippen molar-refractivity contribution in [2.45, 2.75) is 53.5 Å². The Kier molecular flexibility index (Phi) is 4.73. The molecule has 1 aliphatic rings. The van der Waals surface area contributed by atoms with Gasteiger partial charge in [0.1, 0.15) is 11.6 Å². The Balaban J connectivity index is 2.13. The van der Waals surface area contributed by atoms with Crippen molar-refractivity contribution in [2.24, 2.45) is 5.41 Å². The molecule has 1 amide bonds. The highest BCUT2D eigenvalue weighted by atomic mass is 16.2. The van der Waals surface area contributed by atoms with E-state index in [2.05, 4.69) is 14.9 Å². The topological polar surface area (TPSA) is 49.3 Å². The van der Waals surface area contributed by atoms with Crippen LogP contribution in [0.25, 0.3) is 0 Å². The molecule has 5 nitrogen and oxygen atoms in total. The number of carbonyl (C=O) groups is 1. The van der Waals surface area contributed by atoms with Gasteiger partial charge in [0, 0.05) is 43.4 Å². The van der Waals surface area contributed by atoms with Crippen LogP contribution in [0.5, 0.6) is 0 Å². The van der Waals surface area contributed by atoms with Crippen LogP contribution in [-0.2, 0) is 4.79 Å². The molecule has 1 aromatic rings. The Bertz CT molecular complexity index is 530. The summed E-state index contributed by atoms with van der Waals surface area (Å²) in [5.74, 6) is 1.98. The fourth-order valence-electron chi connectivity index (χ4n) is 3.03.